The lowest BCUT2D eigenvalue weighted by atomic mass is 9.91. The molecule has 1 saturated heterocycles. The number of carboxylic acid groups (broad SMARTS) is 1. The second-order valence-corrected chi connectivity index (χ2v) is 9.21. The summed E-state index contributed by atoms with van der Waals surface area (Å²) in [6.45, 7) is 3.13. The quantitative estimate of drug-likeness (QED) is 0.565. The Balaban J connectivity index is 1.16. The number of carboxylic acids is 1. The van der Waals surface area contributed by atoms with Gasteiger partial charge in [0.15, 0.2) is 0 Å². The normalized spacial score (nSPS) is 19.3. The summed E-state index contributed by atoms with van der Waals surface area (Å²) in [6, 6.07) is 16.4. The van der Waals surface area contributed by atoms with Gasteiger partial charge in [0, 0.05) is 31.5 Å². The van der Waals surface area contributed by atoms with Gasteiger partial charge in [0.2, 0.25) is 5.91 Å². The fourth-order valence-electron chi connectivity index (χ4n) is 5.15. The third-order valence-corrected chi connectivity index (χ3v) is 6.98. The van der Waals surface area contributed by atoms with Gasteiger partial charge < -0.3 is 20.1 Å². The van der Waals surface area contributed by atoms with Crippen molar-refractivity contribution >= 4 is 18.0 Å². The molecule has 0 bridgehead atoms. The molecular weight excluding hydrogens is 432 g/mol. The monoisotopic (exact) mass is 464 g/mol. The lowest BCUT2D eigenvalue weighted by molar-refractivity contribution is -0.147. The highest BCUT2D eigenvalue weighted by Crippen LogP contribution is 2.44. The minimum atomic E-state index is -0.779. The molecule has 180 valence electrons. The molecule has 0 radical (unpaired) electrons. The topological polar surface area (TPSA) is 95.9 Å². The summed E-state index contributed by atoms with van der Waals surface area (Å²) in [5.74, 6) is -1.06. The van der Waals surface area contributed by atoms with E-state index < -0.39 is 12.1 Å². The predicted octanol–water partition coefficient (Wildman–Crippen LogP) is 4.41. The van der Waals surface area contributed by atoms with E-state index in [9.17, 15) is 14.4 Å². The maximum absolute atomic E-state index is 12.5. The highest BCUT2D eigenvalue weighted by Gasteiger charge is 2.32. The first kappa shape index (κ1) is 23.8. The van der Waals surface area contributed by atoms with Crippen molar-refractivity contribution < 1.29 is 24.2 Å². The summed E-state index contributed by atoms with van der Waals surface area (Å²) in [4.78, 5) is 37.7. The fourth-order valence-corrected chi connectivity index (χ4v) is 5.15. The molecule has 1 aliphatic heterocycles. The molecule has 7 heteroatoms. The number of carbonyl (C=O) groups is 3. The first-order chi connectivity index (χ1) is 16.5. The van der Waals surface area contributed by atoms with Crippen LogP contribution in [0.3, 0.4) is 0 Å². The van der Waals surface area contributed by atoms with Gasteiger partial charge in [0.25, 0.3) is 0 Å². The van der Waals surface area contributed by atoms with Crippen LogP contribution in [-0.2, 0) is 14.3 Å². The van der Waals surface area contributed by atoms with E-state index in [-0.39, 0.29) is 30.4 Å². The Labute approximate surface area is 200 Å². The zero-order valence-electron chi connectivity index (χ0n) is 19.5. The summed E-state index contributed by atoms with van der Waals surface area (Å²) in [5.41, 5.74) is 4.74. The van der Waals surface area contributed by atoms with Crippen LogP contribution in [0, 0.1) is 5.92 Å². The number of hydrogen-bond donors (Lipinski definition) is 2. The number of amides is 2. The Morgan fingerprint density at radius 3 is 2.29 bits per heavy atom. The first-order valence-electron chi connectivity index (χ1n) is 12.1. The molecule has 7 nitrogen and oxygen atoms in total. The molecule has 0 aromatic heterocycles. The Morgan fingerprint density at radius 1 is 1.03 bits per heavy atom. The van der Waals surface area contributed by atoms with Gasteiger partial charge in [0.05, 0.1) is 5.92 Å². The molecule has 2 aliphatic rings. The number of piperidine rings is 1. The summed E-state index contributed by atoms with van der Waals surface area (Å²) >= 11 is 0. The lowest BCUT2D eigenvalue weighted by Gasteiger charge is -2.36. The number of benzene rings is 2. The van der Waals surface area contributed by atoms with Gasteiger partial charge in [-0.15, -0.1) is 0 Å². The maximum atomic E-state index is 12.5. The van der Waals surface area contributed by atoms with Crippen molar-refractivity contribution in [1.29, 1.82) is 0 Å². The Bertz CT molecular complexity index is 1010. The molecule has 34 heavy (non-hydrogen) atoms. The van der Waals surface area contributed by atoms with E-state index in [0.717, 1.165) is 0 Å². The third-order valence-electron chi connectivity index (χ3n) is 6.98. The van der Waals surface area contributed by atoms with Crippen molar-refractivity contribution in [3.05, 3.63) is 59.7 Å². The SMILES string of the molecule is C[C@H]1C[C@@H](C(=O)O)CCN1C(=O)CCCCNC(=O)OCC1c2ccccc2-c2ccccc21. The van der Waals surface area contributed by atoms with Crippen LogP contribution < -0.4 is 5.32 Å². The number of nitrogens with one attached hydrogen (secondary N) is 1. The molecule has 2 amide bonds. The van der Waals surface area contributed by atoms with Crippen molar-refractivity contribution in [2.45, 2.75) is 51.0 Å². The summed E-state index contributed by atoms with van der Waals surface area (Å²) in [6.07, 6.45) is 2.30. The molecule has 1 heterocycles. The highest BCUT2D eigenvalue weighted by atomic mass is 16.5. The smallest absolute Gasteiger partial charge is 0.407 e. The first-order valence-corrected chi connectivity index (χ1v) is 12.1. The molecule has 2 N–H and O–H groups in total. The van der Waals surface area contributed by atoms with E-state index in [1.54, 1.807) is 4.90 Å². The number of aliphatic carboxylic acids is 1. The predicted molar refractivity (Wildman–Crippen MR) is 128 cm³/mol. The van der Waals surface area contributed by atoms with Gasteiger partial charge >= 0.3 is 12.1 Å². The number of nitrogens with zero attached hydrogens (tertiary/aromatic N) is 1. The molecule has 2 aromatic carbocycles. The molecule has 2 atom stereocenters. The zero-order chi connectivity index (χ0) is 24.1. The molecule has 0 saturated carbocycles. The standard InChI is InChI=1S/C27H32N2O5/c1-18-16-19(26(31)32)13-15-29(18)25(30)12-6-7-14-28-27(33)34-17-24-22-10-4-2-8-20(22)21-9-3-5-11-23(21)24/h2-5,8-11,18-19,24H,6-7,12-17H2,1H3,(H,28,33)(H,31,32)/t18-,19-/m0/s1. The van der Waals surface area contributed by atoms with Gasteiger partial charge in [0.1, 0.15) is 6.61 Å². The molecule has 1 fully saturated rings. The molecule has 1 aliphatic carbocycles. The Hall–Kier alpha value is -3.35. The van der Waals surface area contributed by atoms with Gasteiger partial charge in [-0.05, 0) is 54.9 Å². The lowest BCUT2D eigenvalue weighted by Crippen LogP contribution is -2.46. The fraction of sp³-hybridized carbons (Fsp3) is 0.444. The van der Waals surface area contributed by atoms with E-state index in [0.29, 0.717) is 45.2 Å². The number of fused-ring (bicyclic) bond motifs is 3. The van der Waals surface area contributed by atoms with Crippen LogP contribution >= 0.6 is 0 Å². The highest BCUT2D eigenvalue weighted by molar-refractivity contribution is 5.79. The van der Waals surface area contributed by atoms with Crippen LogP contribution in [0.15, 0.2) is 48.5 Å². The number of hydrogen-bond acceptors (Lipinski definition) is 4. The van der Waals surface area contributed by atoms with Crippen LogP contribution in [0.5, 0.6) is 0 Å². The summed E-state index contributed by atoms with van der Waals surface area (Å²) < 4.78 is 5.53. The van der Waals surface area contributed by atoms with Crippen LogP contribution in [0.4, 0.5) is 4.79 Å². The molecule has 0 spiro atoms. The minimum Gasteiger partial charge on any atom is -0.481 e. The number of alkyl carbamates (subject to hydrolysis) is 1. The molecule has 2 aromatic rings. The van der Waals surface area contributed by atoms with Crippen molar-refractivity contribution in [2.24, 2.45) is 5.92 Å². The van der Waals surface area contributed by atoms with E-state index in [2.05, 4.69) is 29.6 Å². The summed E-state index contributed by atoms with van der Waals surface area (Å²) in [5, 5.41) is 11.9. The Kier molecular flexibility index (Phi) is 7.50. The van der Waals surface area contributed by atoms with E-state index in [4.69, 9.17) is 9.84 Å². The van der Waals surface area contributed by atoms with Crippen molar-refractivity contribution in [1.82, 2.24) is 10.2 Å². The van der Waals surface area contributed by atoms with Crippen molar-refractivity contribution in [3.63, 3.8) is 0 Å². The van der Waals surface area contributed by atoms with Crippen LogP contribution in [0.25, 0.3) is 11.1 Å². The average molecular weight is 465 g/mol. The van der Waals surface area contributed by atoms with E-state index >= 15 is 0 Å². The zero-order valence-corrected chi connectivity index (χ0v) is 19.5. The maximum Gasteiger partial charge on any atom is 0.407 e. The number of rotatable bonds is 8. The molecule has 4 rings (SSSR count). The largest absolute Gasteiger partial charge is 0.481 e. The van der Waals surface area contributed by atoms with E-state index in [1.165, 1.54) is 22.3 Å². The van der Waals surface area contributed by atoms with E-state index in [1.807, 2.05) is 31.2 Å². The van der Waals surface area contributed by atoms with Crippen LogP contribution in [0.1, 0.15) is 56.1 Å². The number of unbranched alkanes of at least 4 members (excludes halogenated alkanes) is 1. The Morgan fingerprint density at radius 2 is 1.68 bits per heavy atom. The average Bonchev–Trinajstić information content (AvgIpc) is 3.16. The second kappa shape index (κ2) is 10.7. The van der Waals surface area contributed by atoms with Gasteiger partial charge in [-0.1, -0.05) is 48.5 Å². The molecule has 0 unspecified atom stereocenters. The number of likely N-dealkylation sites (tertiary alicyclic amines) is 1. The summed E-state index contributed by atoms with van der Waals surface area (Å²) in [7, 11) is 0. The van der Waals surface area contributed by atoms with Crippen LogP contribution in [-0.4, -0.2) is 53.7 Å². The molecular formula is C27H32N2O5. The van der Waals surface area contributed by atoms with Crippen molar-refractivity contribution in [2.75, 3.05) is 19.7 Å². The minimum absolute atomic E-state index is 0.0306. The van der Waals surface area contributed by atoms with Gasteiger partial charge in [-0.3, -0.25) is 9.59 Å². The number of carbonyl (C=O) groups excluding carboxylic acids is 2. The van der Waals surface area contributed by atoms with Gasteiger partial charge in [-0.2, -0.15) is 0 Å². The third kappa shape index (κ3) is 5.24. The second-order valence-electron chi connectivity index (χ2n) is 9.21. The van der Waals surface area contributed by atoms with Crippen molar-refractivity contribution in [3.8, 4) is 11.1 Å². The van der Waals surface area contributed by atoms with Crippen LogP contribution in [0.2, 0.25) is 0 Å². The van der Waals surface area contributed by atoms with Gasteiger partial charge in [-0.25, -0.2) is 4.79 Å². The number of ether oxygens (including phenoxy) is 1.